The van der Waals surface area contributed by atoms with E-state index in [9.17, 15) is 4.79 Å². The fourth-order valence-electron chi connectivity index (χ4n) is 3.85. The molecule has 1 aliphatic rings. The van der Waals surface area contributed by atoms with Crippen LogP contribution in [0.15, 0.2) is 36.9 Å². The van der Waals surface area contributed by atoms with Crippen LogP contribution in [0.5, 0.6) is 0 Å². The number of piperidine rings is 1. The maximum absolute atomic E-state index is 12.7. The van der Waals surface area contributed by atoms with Crippen LogP contribution in [0.4, 0.5) is 0 Å². The molecule has 0 N–H and O–H groups in total. The number of pyridine rings is 1. The first-order valence-corrected chi connectivity index (χ1v) is 10.0. The minimum Gasteiger partial charge on any atom is -0.337 e. The van der Waals surface area contributed by atoms with E-state index < -0.39 is 0 Å². The monoisotopic (exact) mass is 390 g/mol. The molecule has 7 heteroatoms. The molecule has 1 aliphatic heterocycles. The zero-order chi connectivity index (χ0) is 20.4. The molecule has 0 spiro atoms. The number of aromatic nitrogens is 5. The standard InChI is InChI=1S/C22H26N6O/c1-15-10-25-20(12-23-15)22(29)28-8-4-5-18(14-28)9-17-6-7-19(26-11-17)21-13-24-16(2)27(21)3/h6-7,10-13,18H,4-5,8-9,14H2,1-3H3/t18-/m1/s1. The quantitative estimate of drug-likeness (QED) is 0.684. The summed E-state index contributed by atoms with van der Waals surface area (Å²) < 4.78 is 2.04. The van der Waals surface area contributed by atoms with Crippen LogP contribution in [0.2, 0.25) is 0 Å². The number of likely N-dealkylation sites (tertiary alicyclic amines) is 1. The first-order chi connectivity index (χ1) is 14.0. The highest BCUT2D eigenvalue weighted by atomic mass is 16.2. The molecule has 0 unspecified atom stereocenters. The van der Waals surface area contributed by atoms with Gasteiger partial charge in [0.1, 0.15) is 11.5 Å². The van der Waals surface area contributed by atoms with Crippen molar-refractivity contribution in [1.29, 1.82) is 0 Å². The number of amides is 1. The highest BCUT2D eigenvalue weighted by molar-refractivity contribution is 5.92. The molecule has 4 rings (SSSR count). The summed E-state index contributed by atoms with van der Waals surface area (Å²) in [5.74, 6) is 1.37. The van der Waals surface area contributed by atoms with Gasteiger partial charge in [0.2, 0.25) is 0 Å². The van der Waals surface area contributed by atoms with Gasteiger partial charge in [0.25, 0.3) is 5.91 Å². The number of imidazole rings is 1. The van der Waals surface area contributed by atoms with E-state index in [1.807, 2.05) is 42.8 Å². The molecule has 0 radical (unpaired) electrons. The summed E-state index contributed by atoms with van der Waals surface area (Å²) in [7, 11) is 2.00. The molecule has 29 heavy (non-hydrogen) atoms. The Bertz CT molecular complexity index is 993. The first-order valence-electron chi connectivity index (χ1n) is 10.0. The van der Waals surface area contributed by atoms with E-state index in [2.05, 4.69) is 32.1 Å². The second-order valence-corrected chi connectivity index (χ2v) is 7.81. The van der Waals surface area contributed by atoms with E-state index in [1.165, 1.54) is 5.56 Å². The summed E-state index contributed by atoms with van der Waals surface area (Å²) in [5.41, 5.74) is 4.38. The van der Waals surface area contributed by atoms with E-state index >= 15 is 0 Å². The summed E-state index contributed by atoms with van der Waals surface area (Å²) in [6.45, 7) is 5.38. The lowest BCUT2D eigenvalue weighted by Gasteiger charge is -2.32. The maximum Gasteiger partial charge on any atom is 0.274 e. The Morgan fingerprint density at radius 2 is 1.93 bits per heavy atom. The van der Waals surface area contributed by atoms with Gasteiger partial charge in [-0.3, -0.25) is 14.8 Å². The predicted octanol–water partition coefficient (Wildman–Crippen LogP) is 2.98. The van der Waals surface area contributed by atoms with Gasteiger partial charge in [-0.15, -0.1) is 0 Å². The Labute approximate surface area is 170 Å². The van der Waals surface area contributed by atoms with Crippen LogP contribution < -0.4 is 0 Å². The third kappa shape index (κ3) is 4.18. The molecule has 4 heterocycles. The van der Waals surface area contributed by atoms with Crippen molar-refractivity contribution < 1.29 is 4.79 Å². The van der Waals surface area contributed by atoms with Gasteiger partial charge in [0.05, 0.1) is 29.5 Å². The van der Waals surface area contributed by atoms with Gasteiger partial charge in [-0.2, -0.15) is 0 Å². The summed E-state index contributed by atoms with van der Waals surface area (Å²) >= 11 is 0. The Morgan fingerprint density at radius 1 is 1.07 bits per heavy atom. The predicted molar refractivity (Wildman–Crippen MR) is 110 cm³/mol. The van der Waals surface area contributed by atoms with Gasteiger partial charge < -0.3 is 9.47 Å². The number of hydrogen-bond acceptors (Lipinski definition) is 5. The smallest absolute Gasteiger partial charge is 0.274 e. The Kier molecular flexibility index (Phi) is 5.38. The Balaban J connectivity index is 1.41. The third-order valence-electron chi connectivity index (χ3n) is 5.64. The molecule has 1 amide bonds. The molecule has 0 bridgehead atoms. The zero-order valence-electron chi connectivity index (χ0n) is 17.2. The topological polar surface area (TPSA) is 76.8 Å². The normalized spacial score (nSPS) is 16.8. The molecule has 0 saturated carbocycles. The van der Waals surface area contributed by atoms with Crippen molar-refractivity contribution in [3.8, 4) is 11.4 Å². The fourth-order valence-corrected chi connectivity index (χ4v) is 3.85. The molecule has 1 saturated heterocycles. The largest absolute Gasteiger partial charge is 0.337 e. The summed E-state index contributed by atoms with van der Waals surface area (Å²) in [5, 5.41) is 0. The Hall–Kier alpha value is -3.09. The molecular weight excluding hydrogens is 364 g/mol. The average Bonchev–Trinajstić information content (AvgIpc) is 3.07. The van der Waals surface area contributed by atoms with Crippen molar-refractivity contribution in [3.05, 3.63) is 59.7 Å². The summed E-state index contributed by atoms with van der Waals surface area (Å²) in [6, 6.07) is 4.19. The summed E-state index contributed by atoms with van der Waals surface area (Å²) in [6.07, 6.45) is 10.1. The van der Waals surface area contributed by atoms with Crippen LogP contribution in [0.3, 0.4) is 0 Å². The molecule has 3 aromatic heterocycles. The third-order valence-corrected chi connectivity index (χ3v) is 5.64. The highest BCUT2D eigenvalue weighted by Gasteiger charge is 2.25. The Morgan fingerprint density at radius 3 is 2.59 bits per heavy atom. The van der Waals surface area contributed by atoms with Crippen molar-refractivity contribution in [2.75, 3.05) is 13.1 Å². The van der Waals surface area contributed by atoms with Crippen LogP contribution in [-0.2, 0) is 13.5 Å². The lowest BCUT2D eigenvalue weighted by molar-refractivity contribution is 0.0667. The van der Waals surface area contributed by atoms with E-state index in [-0.39, 0.29) is 5.91 Å². The number of rotatable bonds is 4. The number of aryl methyl sites for hydroxylation is 2. The first kappa shape index (κ1) is 19.2. The molecule has 0 aliphatic carbocycles. The van der Waals surface area contributed by atoms with E-state index in [4.69, 9.17) is 0 Å². The van der Waals surface area contributed by atoms with Crippen LogP contribution in [-0.4, -0.2) is 48.4 Å². The van der Waals surface area contributed by atoms with Crippen molar-refractivity contribution in [1.82, 2.24) is 29.4 Å². The molecule has 3 aromatic rings. The van der Waals surface area contributed by atoms with Crippen molar-refractivity contribution in [3.63, 3.8) is 0 Å². The van der Waals surface area contributed by atoms with Gasteiger partial charge >= 0.3 is 0 Å². The molecule has 7 nitrogen and oxygen atoms in total. The number of hydrogen-bond donors (Lipinski definition) is 0. The van der Waals surface area contributed by atoms with Gasteiger partial charge in [-0.05, 0) is 50.7 Å². The summed E-state index contributed by atoms with van der Waals surface area (Å²) in [4.78, 5) is 32.1. The second kappa shape index (κ2) is 8.11. The van der Waals surface area contributed by atoms with Crippen LogP contribution in [0.25, 0.3) is 11.4 Å². The van der Waals surface area contributed by atoms with Crippen LogP contribution >= 0.6 is 0 Å². The molecule has 1 fully saturated rings. The number of carbonyl (C=O) groups excluding carboxylic acids is 1. The molecule has 150 valence electrons. The molecular formula is C22H26N6O. The second-order valence-electron chi connectivity index (χ2n) is 7.81. The highest BCUT2D eigenvalue weighted by Crippen LogP contribution is 2.23. The number of nitrogens with zero attached hydrogens (tertiary/aromatic N) is 6. The van der Waals surface area contributed by atoms with Gasteiger partial charge in [-0.1, -0.05) is 6.07 Å². The lowest BCUT2D eigenvalue weighted by atomic mass is 9.91. The van der Waals surface area contributed by atoms with Crippen molar-refractivity contribution in [2.45, 2.75) is 33.1 Å². The van der Waals surface area contributed by atoms with Gasteiger partial charge in [0, 0.05) is 32.5 Å². The SMILES string of the molecule is Cc1cnc(C(=O)N2CCC[C@H](Cc3ccc(-c4cnc(C)n4C)nc3)C2)cn1. The maximum atomic E-state index is 12.7. The van der Waals surface area contributed by atoms with E-state index in [1.54, 1.807) is 12.4 Å². The van der Waals surface area contributed by atoms with E-state index in [0.717, 1.165) is 55.3 Å². The van der Waals surface area contributed by atoms with Gasteiger partial charge in [-0.25, -0.2) is 9.97 Å². The van der Waals surface area contributed by atoms with Crippen LogP contribution in [0.1, 0.15) is 40.4 Å². The molecule has 0 aromatic carbocycles. The van der Waals surface area contributed by atoms with Crippen molar-refractivity contribution in [2.24, 2.45) is 13.0 Å². The molecule has 1 atom stereocenters. The van der Waals surface area contributed by atoms with E-state index in [0.29, 0.717) is 11.6 Å². The van der Waals surface area contributed by atoms with Crippen LogP contribution in [0, 0.1) is 19.8 Å². The minimum atomic E-state index is -0.0257. The van der Waals surface area contributed by atoms with Gasteiger partial charge in [0.15, 0.2) is 0 Å². The lowest BCUT2D eigenvalue weighted by Crippen LogP contribution is -2.40. The average molecular weight is 390 g/mol. The number of carbonyl (C=O) groups is 1. The minimum absolute atomic E-state index is 0.0257. The zero-order valence-corrected chi connectivity index (χ0v) is 17.2. The fraction of sp³-hybridized carbons (Fsp3) is 0.409. The van der Waals surface area contributed by atoms with Crippen molar-refractivity contribution >= 4 is 5.91 Å².